The van der Waals surface area contributed by atoms with Gasteiger partial charge in [0.1, 0.15) is 13.2 Å². The summed E-state index contributed by atoms with van der Waals surface area (Å²) in [5.41, 5.74) is 11.1. The van der Waals surface area contributed by atoms with Crippen LogP contribution in [0.4, 0.5) is 0 Å². The molecule has 1 aliphatic heterocycles. The van der Waals surface area contributed by atoms with Crippen molar-refractivity contribution in [1.29, 1.82) is 0 Å². The van der Waals surface area contributed by atoms with Gasteiger partial charge in [-0.05, 0) is 43.2 Å². The van der Waals surface area contributed by atoms with Crippen LogP contribution < -0.4 is 15.2 Å². The highest BCUT2D eigenvalue weighted by Crippen LogP contribution is 2.39. The second-order valence-electron chi connectivity index (χ2n) is 7.16. The van der Waals surface area contributed by atoms with Crippen LogP contribution in [0.15, 0.2) is 42.6 Å². The van der Waals surface area contributed by atoms with Crippen LogP contribution in [0.1, 0.15) is 40.8 Å². The molecule has 1 amide bonds. The van der Waals surface area contributed by atoms with Gasteiger partial charge in [0.05, 0.1) is 17.8 Å². The fourth-order valence-corrected chi connectivity index (χ4v) is 3.97. The maximum absolute atomic E-state index is 12.5. The van der Waals surface area contributed by atoms with Gasteiger partial charge in [-0.15, -0.1) is 0 Å². The van der Waals surface area contributed by atoms with E-state index in [1.807, 2.05) is 43.3 Å². The van der Waals surface area contributed by atoms with Crippen LogP contribution in [0, 0.1) is 6.92 Å². The average molecular weight is 391 g/mol. The maximum Gasteiger partial charge on any atom is 0.251 e. The standard InChI is InChI=1S/C23H25N3O3/c1-3-6-18-22(16-8-9-19-20(13-16)29-12-11-28-19)21(23(24)27)15(2)26(18)14-17-7-4-5-10-25-17/h4-5,7-10,13H,3,6,11-12,14H2,1-2H3,(H2,24,27). The molecule has 0 radical (unpaired) electrons. The van der Waals surface area contributed by atoms with Crippen molar-refractivity contribution >= 4 is 5.91 Å². The van der Waals surface area contributed by atoms with Crippen molar-refractivity contribution in [3.8, 4) is 22.6 Å². The Bertz CT molecular complexity index is 1040. The SMILES string of the molecule is CCCc1c(-c2ccc3c(c2)OCCO3)c(C(N)=O)c(C)n1Cc1ccccn1. The molecule has 1 aliphatic rings. The normalized spacial score (nSPS) is 12.8. The molecule has 0 aliphatic carbocycles. The predicted molar refractivity (Wildman–Crippen MR) is 111 cm³/mol. The summed E-state index contributed by atoms with van der Waals surface area (Å²) in [5.74, 6) is 0.994. The second kappa shape index (κ2) is 7.99. The Morgan fingerprint density at radius 2 is 1.97 bits per heavy atom. The smallest absolute Gasteiger partial charge is 0.251 e. The number of carbonyl (C=O) groups excluding carboxylic acids is 1. The minimum absolute atomic E-state index is 0.426. The van der Waals surface area contributed by atoms with E-state index in [2.05, 4.69) is 16.5 Å². The van der Waals surface area contributed by atoms with Crippen LogP contribution in [0.2, 0.25) is 0 Å². The molecule has 6 nitrogen and oxygen atoms in total. The highest BCUT2D eigenvalue weighted by atomic mass is 16.6. The molecule has 3 heterocycles. The van der Waals surface area contributed by atoms with Gasteiger partial charge in [0.25, 0.3) is 5.91 Å². The van der Waals surface area contributed by atoms with Crippen LogP contribution in [0.5, 0.6) is 11.5 Å². The van der Waals surface area contributed by atoms with Crippen molar-refractivity contribution in [2.45, 2.75) is 33.2 Å². The molecule has 4 rings (SSSR count). The number of ether oxygens (including phenoxy) is 2. The first-order valence-corrected chi connectivity index (χ1v) is 9.91. The van der Waals surface area contributed by atoms with Crippen LogP contribution in [-0.2, 0) is 13.0 Å². The zero-order valence-corrected chi connectivity index (χ0v) is 16.8. The van der Waals surface area contributed by atoms with E-state index in [0.29, 0.717) is 31.1 Å². The number of hydrogen-bond donors (Lipinski definition) is 1. The number of amides is 1. The molecular formula is C23H25N3O3. The molecule has 0 atom stereocenters. The molecule has 0 unspecified atom stereocenters. The van der Waals surface area contributed by atoms with Crippen molar-refractivity contribution in [1.82, 2.24) is 9.55 Å². The highest BCUT2D eigenvalue weighted by molar-refractivity contribution is 6.02. The van der Waals surface area contributed by atoms with Gasteiger partial charge >= 0.3 is 0 Å². The number of nitrogens with zero attached hydrogens (tertiary/aromatic N) is 2. The van der Waals surface area contributed by atoms with Gasteiger partial charge < -0.3 is 19.8 Å². The minimum Gasteiger partial charge on any atom is -0.486 e. The van der Waals surface area contributed by atoms with Crippen molar-refractivity contribution in [3.63, 3.8) is 0 Å². The molecule has 2 N–H and O–H groups in total. The Balaban J connectivity index is 1.90. The van der Waals surface area contributed by atoms with Crippen LogP contribution >= 0.6 is 0 Å². The summed E-state index contributed by atoms with van der Waals surface area (Å²) >= 11 is 0. The van der Waals surface area contributed by atoms with Gasteiger partial charge in [-0.25, -0.2) is 0 Å². The number of aromatic nitrogens is 2. The summed E-state index contributed by atoms with van der Waals surface area (Å²) in [6.07, 6.45) is 3.55. The van der Waals surface area contributed by atoms with Crippen LogP contribution in [0.3, 0.4) is 0 Å². The highest BCUT2D eigenvalue weighted by Gasteiger charge is 2.26. The molecule has 29 heavy (non-hydrogen) atoms. The average Bonchev–Trinajstić information content (AvgIpc) is 3.00. The lowest BCUT2D eigenvalue weighted by molar-refractivity contribution is 0.1000. The Hall–Kier alpha value is -3.28. The van der Waals surface area contributed by atoms with E-state index in [-0.39, 0.29) is 0 Å². The summed E-state index contributed by atoms with van der Waals surface area (Å²) in [4.78, 5) is 16.9. The Morgan fingerprint density at radius 3 is 2.66 bits per heavy atom. The van der Waals surface area contributed by atoms with Crippen molar-refractivity contribution < 1.29 is 14.3 Å². The summed E-state index contributed by atoms with van der Waals surface area (Å²) in [6.45, 7) is 5.72. The lowest BCUT2D eigenvalue weighted by Crippen LogP contribution is -2.15. The van der Waals surface area contributed by atoms with Crippen molar-refractivity contribution in [2.75, 3.05) is 13.2 Å². The first kappa shape index (κ1) is 19.1. The maximum atomic E-state index is 12.5. The molecule has 150 valence electrons. The molecule has 0 spiro atoms. The third-order valence-corrected chi connectivity index (χ3v) is 5.24. The van der Waals surface area contributed by atoms with Gasteiger partial charge in [0, 0.05) is 23.1 Å². The number of carbonyl (C=O) groups is 1. The number of hydrogen-bond acceptors (Lipinski definition) is 4. The Morgan fingerprint density at radius 1 is 1.17 bits per heavy atom. The quantitative estimate of drug-likeness (QED) is 0.694. The van der Waals surface area contributed by atoms with E-state index in [4.69, 9.17) is 15.2 Å². The molecule has 2 aromatic heterocycles. The zero-order chi connectivity index (χ0) is 20.4. The monoisotopic (exact) mass is 391 g/mol. The van der Waals surface area contributed by atoms with Crippen LogP contribution in [0.25, 0.3) is 11.1 Å². The molecule has 0 saturated heterocycles. The molecule has 6 heteroatoms. The van der Waals surface area contributed by atoms with Crippen LogP contribution in [-0.4, -0.2) is 28.7 Å². The molecule has 0 fully saturated rings. The van der Waals surface area contributed by atoms with E-state index in [9.17, 15) is 4.79 Å². The molecule has 3 aromatic rings. The molecule has 1 aromatic carbocycles. The zero-order valence-electron chi connectivity index (χ0n) is 16.8. The third kappa shape index (κ3) is 3.58. The summed E-state index contributed by atoms with van der Waals surface area (Å²) in [7, 11) is 0. The summed E-state index contributed by atoms with van der Waals surface area (Å²) in [5, 5.41) is 0. The van der Waals surface area contributed by atoms with Gasteiger partial charge in [-0.2, -0.15) is 0 Å². The Kier molecular flexibility index (Phi) is 5.25. The number of primary amides is 1. The first-order valence-electron chi connectivity index (χ1n) is 9.91. The predicted octanol–water partition coefficient (Wildman–Crippen LogP) is 3.73. The lowest BCUT2D eigenvalue weighted by atomic mass is 9.97. The fourth-order valence-electron chi connectivity index (χ4n) is 3.97. The third-order valence-electron chi connectivity index (χ3n) is 5.24. The van der Waals surface area contributed by atoms with Gasteiger partial charge in [-0.1, -0.05) is 25.5 Å². The summed E-state index contributed by atoms with van der Waals surface area (Å²) in [6, 6.07) is 11.7. The van der Waals surface area contributed by atoms with E-state index >= 15 is 0 Å². The number of rotatable bonds is 6. The number of benzene rings is 1. The van der Waals surface area contributed by atoms with E-state index < -0.39 is 5.91 Å². The second-order valence-corrected chi connectivity index (χ2v) is 7.16. The molecular weight excluding hydrogens is 366 g/mol. The Labute approximate surface area is 170 Å². The van der Waals surface area contributed by atoms with E-state index in [1.165, 1.54) is 0 Å². The van der Waals surface area contributed by atoms with E-state index in [0.717, 1.165) is 46.8 Å². The largest absolute Gasteiger partial charge is 0.486 e. The van der Waals surface area contributed by atoms with E-state index in [1.54, 1.807) is 6.20 Å². The van der Waals surface area contributed by atoms with Crippen molar-refractivity contribution in [2.24, 2.45) is 5.73 Å². The first-order chi connectivity index (χ1) is 14.1. The fraction of sp³-hybridized carbons (Fsp3) is 0.304. The molecule has 0 bridgehead atoms. The minimum atomic E-state index is -0.426. The number of nitrogens with two attached hydrogens (primary N) is 1. The number of fused-ring (bicyclic) bond motifs is 1. The van der Waals surface area contributed by atoms with Gasteiger partial charge in [0.2, 0.25) is 0 Å². The van der Waals surface area contributed by atoms with Gasteiger partial charge in [-0.3, -0.25) is 9.78 Å². The van der Waals surface area contributed by atoms with Crippen molar-refractivity contribution in [3.05, 3.63) is 65.2 Å². The lowest BCUT2D eigenvalue weighted by Gasteiger charge is -2.19. The number of pyridine rings is 1. The topological polar surface area (TPSA) is 79.4 Å². The molecule has 0 saturated carbocycles. The summed E-state index contributed by atoms with van der Waals surface area (Å²) < 4.78 is 13.6. The van der Waals surface area contributed by atoms with Gasteiger partial charge in [0.15, 0.2) is 11.5 Å².